The maximum atomic E-state index is 12.7. The van der Waals surface area contributed by atoms with Crippen LogP contribution in [0.25, 0.3) is 0 Å². The summed E-state index contributed by atoms with van der Waals surface area (Å²) in [6, 6.07) is 0.0804. The van der Waals surface area contributed by atoms with Crippen LogP contribution >= 0.6 is 0 Å². The zero-order valence-electron chi connectivity index (χ0n) is 12.5. The molecule has 1 unspecified atom stereocenters. The molecule has 0 aromatic rings. The van der Waals surface area contributed by atoms with Crippen LogP contribution in [0.2, 0.25) is 0 Å². The van der Waals surface area contributed by atoms with Crippen LogP contribution in [0.15, 0.2) is 0 Å². The summed E-state index contributed by atoms with van der Waals surface area (Å²) in [5.74, 6) is 0.271. The third-order valence-electron chi connectivity index (χ3n) is 4.89. The molecule has 5 nitrogen and oxygen atoms in total. The van der Waals surface area contributed by atoms with Crippen molar-refractivity contribution >= 4 is 11.8 Å². The maximum absolute atomic E-state index is 12.7. The topological polar surface area (TPSA) is 75.4 Å². The molecule has 20 heavy (non-hydrogen) atoms. The van der Waals surface area contributed by atoms with Crippen LogP contribution in [0.5, 0.6) is 0 Å². The van der Waals surface area contributed by atoms with E-state index in [2.05, 4.69) is 5.32 Å². The molecule has 0 aromatic carbocycles. The molecular weight excluding hydrogens is 254 g/mol. The minimum atomic E-state index is -0.378. The molecule has 0 aromatic heterocycles. The molecule has 2 fully saturated rings. The smallest absolute Gasteiger partial charge is 0.227 e. The lowest BCUT2D eigenvalue weighted by molar-refractivity contribution is -0.137. The van der Waals surface area contributed by atoms with Gasteiger partial charge in [0.15, 0.2) is 0 Å². The van der Waals surface area contributed by atoms with Gasteiger partial charge in [0.2, 0.25) is 11.8 Å². The van der Waals surface area contributed by atoms with E-state index >= 15 is 0 Å². The summed E-state index contributed by atoms with van der Waals surface area (Å²) in [6.07, 6.45) is 7.66. The van der Waals surface area contributed by atoms with Gasteiger partial charge in [0.25, 0.3) is 0 Å². The van der Waals surface area contributed by atoms with Gasteiger partial charge in [-0.15, -0.1) is 0 Å². The number of likely N-dealkylation sites (N-methyl/N-ethyl adjacent to an activating group) is 1. The first-order valence-electron chi connectivity index (χ1n) is 7.82. The Morgan fingerprint density at radius 1 is 1.35 bits per heavy atom. The predicted octanol–water partition coefficient (Wildman–Crippen LogP) is 1.02. The number of nitrogens with two attached hydrogens (primary N) is 1. The summed E-state index contributed by atoms with van der Waals surface area (Å²) in [5.41, 5.74) is 5.56. The van der Waals surface area contributed by atoms with E-state index in [1.807, 2.05) is 0 Å². The van der Waals surface area contributed by atoms with E-state index in [-0.39, 0.29) is 23.3 Å². The van der Waals surface area contributed by atoms with Gasteiger partial charge in [-0.2, -0.15) is 0 Å². The van der Waals surface area contributed by atoms with Crippen molar-refractivity contribution < 1.29 is 9.59 Å². The first kappa shape index (κ1) is 15.3. The van der Waals surface area contributed by atoms with E-state index in [4.69, 9.17) is 5.73 Å². The zero-order valence-corrected chi connectivity index (χ0v) is 12.5. The second-order valence-electron chi connectivity index (χ2n) is 6.38. The summed E-state index contributed by atoms with van der Waals surface area (Å²) in [6.45, 7) is 1.05. The molecule has 1 aliphatic heterocycles. The zero-order chi connectivity index (χ0) is 14.6. The lowest BCUT2D eigenvalue weighted by atomic mass is 9.79. The predicted molar refractivity (Wildman–Crippen MR) is 78.0 cm³/mol. The van der Waals surface area contributed by atoms with Gasteiger partial charge in [0.05, 0.1) is 5.41 Å². The van der Waals surface area contributed by atoms with Crippen molar-refractivity contribution in [2.24, 2.45) is 11.1 Å². The lowest BCUT2D eigenvalue weighted by Crippen LogP contribution is -2.54. The SMILES string of the molecule is CN1CC(NC(=O)C2(CN)CCCCCC2)CCC1=O. The second kappa shape index (κ2) is 6.57. The third kappa shape index (κ3) is 3.32. The molecule has 1 aliphatic carbocycles. The highest BCUT2D eigenvalue weighted by atomic mass is 16.2. The Morgan fingerprint density at radius 3 is 2.55 bits per heavy atom. The molecule has 0 radical (unpaired) electrons. The van der Waals surface area contributed by atoms with Gasteiger partial charge < -0.3 is 16.0 Å². The van der Waals surface area contributed by atoms with Crippen LogP contribution in [0.4, 0.5) is 0 Å². The van der Waals surface area contributed by atoms with Crippen LogP contribution in [0, 0.1) is 5.41 Å². The summed E-state index contributed by atoms with van der Waals surface area (Å²) in [5, 5.41) is 3.15. The normalized spacial score (nSPS) is 27.0. The van der Waals surface area contributed by atoms with Crippen molar-refractivity contribution in [3.8, 4) is 0 Å². The molecule has 3 N–H and O–H groups in total. The highest BCUT2D eigenvalue weighted by Gasteiger charge is 2.38. The van der Waals surface area contributed by atoms with E-state index < -0.39 is 0 Å². The largest absolute Gasteiger partial charge is 0.351 e. The molecule has 2 amide bonds. The Bertz CT molecular complexity index is 362. The maximum Gasteiger partial charge on any atom is 0.227 e. The summed E-state index contributed by atoms with van der Waals surface area (Å²) < 4.78 is 0. The molecule has 0 bridgehead atoms. The number of hydrogen-bond acceptors (Lipinski definition) is 3. The molecular formula is C15H27N3O2. The van der Waals surface area contributed by atoms with E-state index in [0.717, 1.165) is 32.1 Å². The Kier molecular flexibility index (Phi) is 5.02. The number of nitrogens with one attached hydrogen (secondary N) is 1. The fraction of sp³-hybridized carbons (Fsp3) is 0.867. The molecule has 114 valence electrons. The number of rotatable bonds is 3. The quantitative estimate of drug-likeness (QED) is 0.758. The average molecular weight is 281 g/mol. The Morgan fingerprint density at radius 2 is 2.00 bits per heavy atom. The van der Waals surface area contributed by atoms with Gasteiger partial charge in [-0.25, -0.2) is 0 Å². The molecule has 1 saturated heterocycles. The fourth-order valence-electron chi connectivity index (χ4n) is 3.40. The highest BCUT2D eigenvalue weighted by Crippen LogP contribution is 2.34. The molecule has 2 rings (SSSR count). The van der Waals surface area contributed by atoms with Crippen LogP contribution in [0.1, 0.15) is 51.4 Å². The van der Waals surface area contributed by atoms with Crippen molar-refractivity contribution in [1.82, 2.24) is 10.2 Å². The minimum absolute atomic E-state index is 0.0804. The highest BCUT2D eigenvalue weighted by molar-refractivity contribution is 5.84. The molecule has 5 heteroatoms. The number of likely N-dealkylation sites (tertiary alicyclic amines) is 1. The minimum Gasteiger partial charge on any atom is -0.351 e. The number of piperidine rings is 1. The number of hydrogen-bond donors (Lipinski definition) is 2. The van der Waals surface area contributed by atoms with E-state index in [1.54, 1.807) is 11.9 Å². The van der Waals surface area contributed by atoms with Gasteiger partial charge >= 0.3 is 0 Å². The third-order valence-corrected chi connectivity index (χ3v) is 4.89. The van der Waals surface area contributed by atoms with Gasteiger partial charge in [-0.1, -0.05) is 25.7 Å². The number of amides is 2. The Labute approximate surface area is 121 Å². The molecule has 1 heterocycles. The van der Waals surface area contributed by atoms with Crippen LogP contribution in [0.3, 0.4) is 0 Å². The van der Waals surface area contributed by atoms with E-state index in [0.29, 0.717) is 19.5 Å². The van der Waals surface area contributed by atoms with E-state index in [9.17, 15) is 9.59 Å². The monoisotopic (exact) mass is 281 g/mol. The summed E-state index contributed by atoms with van der Waals surface area (Å²) >= 11 is 0. The van der Waals surface area contributed by atoms with Crippen LogP contribution < -0.4 is 11.1 Å². The Balaban J connectivity index is 1.96. The number of nitrogens with zero attached hydrogens (tertiary/aromatic N) is 1. The number of carbonyl (C=O) groups excluding carboxylic acids is 2. The average Bonchev–Trinajstić information content (AvgIpc) is 2.69. The van der Waals surface area contributed by atoms with Crippen molar-refractivity contribution in [2.45, 2.75) is 57.4 Å². The number of carbonyl (C=O) groups is 2. The van der Waals surface area contributed by atoms with Crippen molar-refractivity contribution in [1.29, 1.82) is 0 Å². The van der Waals surface area contributed by atoms with Gasteiger partial charge in [-0.05, 0) is 19.3 Å². The Hall–Kier alpha value is -1.10. The van der Waals surface area contributed by atoms with Crippen molar-refractivity contribution in [3.05, 3.63) is 0 Å². The fourth-order valence-corrected chi connectivity index (χ4v) is 3.40. The van der Waals surface area contributed by atoms with Gasteiger partial charge in [-0.3, -0.25) is 9.59 Å². The van der Waals surface area contributed by atoms with E-state index in [1.165, 1.54) is 12.8 Å². The first-order chi connectivity index (χ1) is 9.57. The van der Waals surface area contributed by atoms with Gasteiger partial charge in [0.1, 0.15) is 0 Å². The summed E-state index contributed by atoms with van der Waals surface area (Å²) in [4.78, 5) is 25.9. The molecule has 1 atom stereocenters. The molecule has 0 spiro atoms. The van der Waals surface area contributed by atoms with Gasteiger partial charge in [0, 0.05) is 32.6 Å². The second-order valence-corrected chi connectivity index (χ2v) is 6.38. The van der Waals surface area contributed by atoms with Crippen LogP contribution in [-0.4, -0.2) is 42.9 Å². The molecule has 1 saturated carbocycles. The van der Waals surface area contributed by atoms with Crippen LogP contribution in [-0.2, 0) is 9.59 Å². The van der Waals surface area contributed by atoms with Crippen molar-refractivity contribution in [3.63, 3.8) is 0 Å². The standard InChI is InChI=1S/C15H27N3O2/c1-18-10-12(6-7-13(18)19)17-14(20)15(11-16)8-4-2-3-5-9-15/h12H,2-11,16H2,1H3,(H,17,20). The first-order valence-corrected chi connectivity index (χ1v) is 7.82. The summed E-state index contributed by atoms with van der Waals surface area (Å²) in [7, 11) is 1.80. The van der Waals surface area contributed by atoms with Crippen molar-refractivity contribution in [2.75, 3.05) is 20.1 Å². The molecule has 2 aliphatic rings. The lowest BCUT2D eigenvalue weighted by Gasteiger charge is -2.35.